The van der Waals surface area contributed by atoms with Gasteiger partial charge < -0.3 is 10.4 Å². The molecule has 5 nitrogen and oxygen atoms in total. The van der Waals surface area contributed by atoms with Crippen LogP contribution in [0.15, 0.2) is 48.9 Å². The molecule has 0 bridgehead atoms. The minimum atomic E-state index is -0.560. The lowest BCUT2D eigenvalue weighted by molar-refractivity contribution is 0.0499. The summed E-state index contributed by atoms with van der Waals surface area (Å²) in [6.07, 6.45) is 4.53. The number of nitrogens with one attached hydrogen (secondary N) is 1. The fourth-order valence-corrected chi connectivity index (χ4v) is 2.21. The molecule has 0 radical (unpaired) electrons. The molecule has 0 aliphatic heterocycles. The van der Waals surface area contributed by atoms with Crippen molar-refractivity contribution in [2.24, 2.45) is 5.41 Å². The smallest absolute Gasteiger partial charge is 0.271 e. The Bertz CT molecular complexity index is 602. The van der Waals surface area contributed by atoms with Crippen molar-refractivity contribution in [3.05, 3.63) is 60.2 Å². The number of aliphatic hydroxyl groups excluding tert-OH is 1. The number of rotatable bonds is 6. The van der Waals surface area contributed by atoms with E-state index in [0.29, 0.717) is 13.0 Å². The van der Waals surface area contributed by atoms with Gasteiger partial charge in [0.25, 0.3) is 5.91 Å². The lowest BCUT2D eigenvalue weighted by Gasteiger charge is -2.33. The zero-order valence-electron chi connectivity index (χ0n) is 12.9. The minimum absolute atomic E-state index is 0.273. The number of benzene rings is 1. The number of carbonyl (C=O) groups excluding carboxylic acids is 1. The number of nitrogens with zero attached hydrogens (tertiary/aromatic N) is 2. The van der Waals surface area contributed by atoms with E-state index in [4.69, 9.17) is 0 Å². The Morgan fingerprint density at radius 2 is 2.05 bits per heavy atom. The summed E-state index contributed by atoms with van der Waals surface area (Å²) in [5.41, 5.74) is 0.939. The van der Waals surface area contributed by atoms with Crippen molar-refractivity contribution >= 4 is 5.91 Å². The minimum Gasteiger partial charge on any atom is -0.393 e. The highest BCUT2D eigenvalue weighted by Crippen LogP contribution is 2.26. The van der Waals surface area contributed by atoms with E-state index in [0.717, 1.165) is 5.56 Å². The van der Waals surface area contributed by atoms with Crippen molar-refractivity contribution in [1.82, 2.24) is 15.3 Å². The molecule has 0 saturated heterocycles. The highest BCUT2D eigenvalue weighted by molar-refractivity contribution is 5.91. The van der Waals surface area contributed by atoms with E-state index in [1.54, 1.807) is 6.92 Å². The molecule has 0 saturated carbocycles. The predicted molar refractivity (Wildman–Crippen MR) is 84.3 cm³/mol. The summed E-state index contributed by atoms with van der Waals surface area (Å²) in [5.74, 6) is -0.284. The second-order valence-electron chi connectivity index (χ2n) is 5.77. The van der Waals surface area contributed by atoms with Crippen molar-refractivity contribution in [1.29, 1.82) is 0 Å². The third-order valence-electron chi connectivity index (χ3n) is 3.91. The molecule has 5 heteroatoms. The monoisotopic (exact) mass is 299 g/mol. The van der Waals surface area contributed by atoms with E-state index in [1.165, 1.54) is 18.6 Å². The topological polar surface area (TPSA) is 75.1 Å². The average Bonchev–Trinajstić information content (AvgIpc) is 2.54. The Kier molecular flexibility index (Phi) is 5.22. The number of amides is 1. The molecule has 1 amide bonds. The van der Waals surface area contributed by atoms with Crippen LogP contribution in [0.2, 0.25) is 0 Å². The summed E-state index contributed by atoms with van der Waals surface area (Å²) in [4.78, 5) is 19.9. The Hall–Kier alpha value is -2.27. The highest BCUT2D eigenvalue weighted by Gasteiger charge is 2.31. The SMILES string of the molecule is CC(O)C(C)(CNC(=O)c1cnccn1)Cc1ccccc1. The van der Waals surface area contributed by atoms with Crippen LogP contribution in [-0.2, 0) is 6.42 Å². The van der Waals surface area contributed by atoms with Gasteiger partial charge in [0, 0.05) is 24.4 Å². The molecule has 2 rings (SSSR count). The first kappa shape index (κ1) is 16.1. The van der Waals surface area contributed by atoms with E-state index in [-0.39, 0.29) is 11.6 Å². The summed E-state index contributed by atoms with van der Waals surface area (Å²) in [6, 6.07) is 9.93. The molecule has 116 valence electrons. The van der Waals surface area contributed by atoms with Gasteiger partial charge in [-0.25, -0.2) is 4.98 Å². The molecule has 2 atom stereocenters. The van der Waals surface area contributed by atoms with Gasteiger partial charge >= 0.3 is 0 Å². The van der Waals surface area contributed by atoms with Gasteiger partial charge in [-0.1, -0.05) is 37.3 Å². The molecule has 2 N–H and O–H groups in total. The number of aromatic nitrogens is 2. The molecule has 1 heterocycles. The van der Waals surface area contributed by atoms with Crippen molar-refractivity contribution < 1.29 is 9.90 Å². The lowest BCUT2D eigenvalue weighted by atomic mass is 9.79. The van der Waals surface area contributed by atoms with Gasteiger partial charge in [0.1, 0.15) is 5.69 Å². The zero-order chi connectivity index (χ0) is 16.0. The van der Waals surface area contributed by atoms with E-state index in [9.17, 15) is 9.90 Å². The van der Waals surface area contributed by atoms with Crippen LogP contribution in [-0.4, -0.2) is 33.6 Å². The highest BCUT2D eigenvalue weighted by atomic mass is 16.3. The quantitative estimate of drug-likeness (QED) is 0.853. The molecule has 2 unspecified atom stereocenters. The van der Waals surface area contributed by atoms with E-state index in [2.05, 4.69) is 15.3 Å². The normalized spacial score (nSPS) is 14.9. The van der Waals surface area contributed by atoms with Gasteiger partial charge in [-0.3, -0.25) is 9.78 Å². The second-order valence-corrected chi connectivity index (χ2v) is 5.77. The number of aliphatic hydroxyl groups is 1. The average molecular weight is 299 g/mol. The predicted octanol–water partition coefficient (Wildman–Crippen LogP) is 1.84. The maximum Gasteiger partial charge on any atom is 0.271 e. The van der Waals surface area contributed by atoms with E-state index in [1.807, 2.05) is 37.3 Å². The molecule has 22 heavy (non-hydrogen) atoms. The van der Waals surface area contributed by atoms with Crippen LogP contribution in [0.5, 0.6) is 0 Å². The summed E-state index contributed by atoms with van der Waals surface area (Å²) in [7, 11) is 0. The van der Waals surface area contributed by atoms with Gasteiger partial charge in [-0.05, 0) is 18.9 Å². The zero-order valence-corrected chi connectivity index (χ0v) is 12.9. The number of hydrogen-bond donors (Lipinski definition) is 2. The molecule has 1 aromatic carbocycles. The Balaban J connectivity index is 2.04. The van der Waals surface area contributed by atoms with Crippen LogP contribution in [0.4, 0.5) is 0 Å². The van der Waals surface area contributed by atoms with E-state index >= 15 is 0 Å². The first-order valence-corrected chi connectivity index (χ1v) is 7.27. The van der Waals surface area contributed by atoms with Gasteiger partial charge in [-0.2, -0.15) is 0 Å². The van der Waals surface area contributed by atoms with Gasteiger partial charge in [-0.15, -0.1) is 0 Å². The molecular weight excluding hydrogens is 278 g/mol. The third kappa shape index (κ3) is 4.11. The fraction of sp³-hybridized carbons (Fsp3) is 0.353. The fourth-order valence-electron chi connectivity index (χ4n) is 2.21. The number of carbonyl (C=O) groups is 1. The van der Waals surface area contributed by atoms with Crippen LogP contribution in [0, 0.1) is 5.41 Å². The van der Waals surface area contributed by atoms with E-state index < -0.39 is 11.5 Å². The number of hydrogen-bond acceptors (Lipinski definition) is 4. The third-order valence-corrected chi connectivity index (χ3v) is 3.91. The van der Waals surface area contributed by atoms with Gasteiger partial charge in [0.05, 0.1) is 12.3 Å². The Morgan fingerprint density at radius 3 is 2.64 bits per heavy atom. The van der Waals surface area contributed by atoms with Crippen LogP contribution in [0.3, 0.4) is 0 Å². The van der Waals surface area contributed by atoms with Crippen LogP contribution < -0.4 is 5.32 Å². The maximum absolute atomic E-state index is 12.1. The van der Waals surface area contributed by atoms with Crippen molar-refractivity contribution in [2.45, 2.75) is 26.4 Å². The lowest BCUT2D eigenvalue weighted by Crippen LogP contribution is -2.44. The van der Waals surface area contributed by atoms with Crippen LogP contribution >= 0.6 is 0 Å². The summed E-state index contributed by atoms with van der Waals surface area (Å²) in [6.45, 7) is 4.06. The summed E-state index contributed by atoms with van der Waals surface area (Å²) >= 11 is 0. The first-order valence-electron chi connectivity index (χ1n) is 7.27. The maximum atomic E-state index is 12.1. The largest absolute Gasteiger partial charge is 0.393 e. The van der Waals surface area contributed by atoms with Crippen LogP contribution in [0.25, 0.3) is 0 Å². The summed E-state index contributed by atoms with van der Waals surface area (Å²) < 4.78 is 0. The first-order chi connectivity index (χ1) is 10.5. The Morgan fingerprint density at radius 1 is 1.32 bits per heavy atom. The molecule has 0 aliphatic rings. The van der Waals surface area contributed by atoms with Crippen molar-refractivity contribution in [2.75, 3.05) is 6.54 Å². The summed E-state index contributed by atoms with van der Waals surface area (Å²) in [5, 5.41) is 13.0. The van der Waals surface area contributed by atoms with Gasteiger partial charge in [0.15, 0.2) is 0 Å². The molecule has 0 aliphatic carbocycles. The Labute approximate surface area is 130 Å². The second kappa shape index (κ2) is 7.13. The molecule has 0 spiro atoms. The molecule has 2 aromatic rings. The molecular formula is C17H21N3O2. The molecule has 0 fully saturated rings. The van der Waals surface area contributed by atoms with Gasteiger partial charge in [0.2, 0.25) is 0 Å². The standard InChI is InChI=1S/C17H21N3O2/c1-13(21)17(2,10-14-6-4-3-5-7-14)12-20-16(22)15-11-18-8-9-19-15/h3-9,11,13,21H,10,12H2,1-2H3,(H,20,22). The molecule has 1 aromatic heterocycles. The van der Waals surface area contributed by atoms with Crippen molar-refractivity contribution in [3.8, 4) is 0 Å². The van der Waals surface area contributed by atoms with Crippen LogP contribution in [0.1, 0.15) is 29.9 Å². The van der Waals surface area contributed by atoms with Crippen molar-refractivity contribution in [3.63, 3.8) is 0 Å².